The largest absolute Gasteiger partial charge is 0.493 e. The molecule has 1 aromatic rings. The predicted molar refractivity (Wildman–Crippen MR) is 111 cm³/mol. The zero-order valence-electron chi connectivity index (χ0n) is 18.5. The van der Waals surface area contributed by atoms with Gasteiger partial charge in [0.15, 0.2) is 11.5 Å². The summed E-state index contributed by atoms with van der Waals surface area (Å²) >= 11 is 0. The van der Waals surface area contributed by atoms with Gasteiger partial charge in [0.25, 0.3) is 0 Å². The number of hydrogen-bond acceptors (Lipinski definition) is 3. The molecule has 3 N–H and O–H groups in total. The normalized spacial score (nSPS) is 20.1. The van der Waals surface area contributed by atoms with E-state index < -0.39 is 0 Å². The minimum atomic E-state index is 0.119. The van der Waals surface area contributed by atoms with Gasteiger partial charge >= 0.3 is 0 Å². The number of quaternary nitrogens is 2. The van der Waals surface area contributed by atoms with Gasteiger partial charge < -0.3 is 24.6 Å². The molecule has 1 amide bonds. The van der Waals surface area contributed by atoms with Crippen molar-refractivity contribution >= 4 is 5.91 Å². The molecule has 28 heavy (non-hydrogen) atoms. The van der Waals surface area contributed by atoms with Crippen LogP contribution in [0.15, 0.2) is 18.2 Å². The van der Waals surface area contributed by atoms with Crippen LogP contribution in [0.1, 0.15) is 32.3 Å². The molecule has 0 aromatic heterocycles. The van der Waals surface area contributed by atoms with E-state index >= 15 is 0 Å². The van der Waals surface area contributed by atoms with Crippen molar-refractivity contribution in [1.29, 1.82) is 0 Å². The molecule has 0 aliphatic carbocycles. The Labute approximate surface area is 170 Å². The van der Waals surface area contributed by atoms with E-state index in [2.05, 4.69) is 45.4 Å². The SMILES string of the molecule is COc1ccc(C[NH+]2CCC(C(=O)NCC(C)(C)C[NH+](C)C)CC2)cc1OC. The molecule has 0 unspecified atom stereocenters. The summed E-state index contributed by atoms with van der Waals surface area (Å²) in [5.41, 5.74) is 1.36. The molecule has 1 aromatic carbocycles. The number of amides is 1. The lowest BCUT2D eigenvalue weighted by Crippen LogP contribution is -3.11. The Balaban J connectivity index is 1.80. The molecule has 1 saturated heterocycles. The molecular weight excluding hydrogens is 354 g/mol. The molecule has 0 bridgehead atoms. The number of carbonyl (C=O) groups is 1. The maximum Gasteiger partial charge on any atom is 0.223 e. The zero-order valence-corrected chi connectivity index (χ0v) is 18.5. The number of hydrogen-bond donors (Lipinski definition) is 3. The van der Waals surface area contributed by atoms with Gasteiger partial charge in [0.2, 0.25) is 5.91 Å². The first kappa shape index (κ1) is 22.5. The van der Waals surface area contributed by atoms with Crippen LogP contribution < -0.4 is 24.6 Å². The van der Waals surface area contributed by atoms with Gasteiger partial charge in [-0.25, -0.2) is 0 Å². The summed E-state index contributed by atoms with van der Waals surface area (Å²) in [6.07, 6.45) is 1.90. The average molecular weight is 394 g/mol. The number of likely N-dealkylation sites (tertiary alicyclic amines) is 1. The number of nitrogens with one attached hydrogen (secondary N) is 3. The van der Waals surface area contributed by atoms with Crippen molar-refractivity contribution in [2.45, 2.75) is 33.2 Å². The smallest absolute Gasteiger partial charge is 0.223 e. The van der Waals surface area contributed by atoms with Crippen LogP contribution in [0.3, 0.4) is 0 Å². The highest BCUT2D eigenvalue weighted by Crippen LogP contribution is 2.27. The van der Waals surface area contributed by atoms with E-state index in [1.807, 2.05) is 6.07 Å². The van der Waals surface area contributed by atoms with Gasteiger partial charge in [-0.2, -0.15) is 0 Å². The molecule has 0 spiro atoms. The molecule has 2 rings (SSSR count). The quantitative estimate of drug-likeness (QED) is 0.544. The van der Waals surface area contributed by atoms with Crippen molar-refractivity contribution in [3.8, 4) is 11.5 Å². The summed E-state index contributed by atoms with van der Waals surface area (Å²) in [4.78, 5) is 15.5. The third-order valence-corrected chi connectivity index (χ3v) is 5.54. The Bertz CT molecular complexity index is 638. The zero-order chi connectivity index (χ0) is 20.7. The maximum atomic E-state index is 12.6. The first-order valence-corrected chi connectivity index (χ1v) is 10.4. The molecule has 6 heteroatoms. The predicted octanol–water partition coefficient (Wildman–Crippen LogP) is -0.214. The van der Waals surface area contributed by atoms with Crippen LogP contribution in [0.4, 0.5) is 0 Å². The van der Waals surface area contributed by atoms with Crippen molar-refractivity contribution in [3.05, 3.63) is 23.8 Å². The standard InChI is InChI=1S/C22H37N3O3/c1-22(2,16-24(3)4)15-23-21(26)18-9-11-25(12-10-18)14-17-7-8-19(27-5)20(13-17)28-6/h7-8,13,18H,9-12,14-16H2,1-6H3,(H,23,26)/p+2. The molecule has 0 radical (unpaired) electrons. The van der Waals surface area contributed by atoms with Crippen LogP contribution in [0, 0.1) is 11.3 Å². The van der Waals surface area contributed by atoms with Crippen molar-refractivity contribution in [2.24, 2.45) is 11.3 Å². The van der Waals surface area contributed by atoms with Gasteiger partial charge in [-0.05, 0) is 18.2 Å². The fourth-order valence-electron chi connectivity index (χ4n) is 4.23. The highest BCUT2D eigenvalue weighted by Gasteiger charge is 2.29. The summed E-state index contributed by atoms with van der Waals surface area (Å²) in [7, 11) is 7.63. The summed E-state index contributed by atoms with van der Waals surface area (Å²) in [6.45, 7) is 9.23. The van der Waals surface area contributed by atoms with Gasteiger partial charge in [0.05, 0.1) is 47.9 Å². The summed E-state index contributed by atoms with van der Waals surface area (Å²) in [5.74, 6) is 1.91. The van der Waals surface area contributed by atoms with Crippen LogP contribution in [0.2, 0.25) is 0 Å². The van der Waals surface area contributed by atoms with Crippen molar-refractivity contribution in [1.82, 2.24) is 5.32 Å². The monoisotopic (exact) mass is 393 g/mol. The van der Waals surface area contributed by atoms with Gasteiger partial charge in [0.1, 0.15) is 6.54 Å². The highest BCUT2D eigenvalue weighted by atomic mass is 16.5. The summed E-state index contributed by atoms with van der Waals surface area (Å²) in [6, 6.07) is 6.12. The number of carbonyl (C=O) groups excluding carboxylic acids is 1. The van der Waals surface area contributed by atoms with Crippen molar-refractivity contribution in [3.63, 3.8) is 0 Å². The second-order valence-corrected chi connectivity index (χ2v) is 9.16. The van der Waals surface area contributed by atoms with E-state index in [-0.39, 0.29) is 17.2 Å². The third-order valence-electron chi connectivity index (χ3n) is 5.54. The summed E-state index contributed by atoms with van der Waals surface area (Å²) in [5, 5.41) is 3.20. The maximum absolute atomic E-state index is 12.6. The van der Waals surface area contributed by atoms with E-state index in [4.69, 9.17) is 9.47 Å². The lowest BCUT2D eigenvalue weighted by Gasteiger charge is -2.30. The van der Waals surface area contributed by atoms with Crippen LogP contribution in [-0.4, -0.2) is 60.4 Å². The Hall–Kier alpha value is -1.79. The Kier molecular flexibility index (Phi) is 8.13. The molecule has 1 heterocycles. The Morgan fingerprint density at radius 3 is 2.39 bits per heavy atom. The topological polar surface area (TPSA) is 56.4 Å². The van der Waals surface area contributed by atoms with Gasteiger partial charge in [-0.1, -0.05) is 13.8 Å². The lowest BCUT2D eigenvalue weighted by molar-refractivity contribution is -0.919. The molecule has 1 fully saturated rings. The second-order valence-electron chi connectivity index (χ2n) is 9.16. The average Bonchev–Trinajstić information content (AvgIpc) is 2.65. The third kappa shape index (κ3) is 6.67. The summed E-state index contributed by atoms with van der Waals surface area (Å²) < 4.78 is 10.7. The van der Waals surface area contributed by atoms with E-state index in [1.54, 1.807) is 14.2 Å². The number of piperidine rings is 1. The van der Waals surface area contributed by atoms with E-state index in [0.717, 1.165) is 57.1 Å². The Morgan fingerprint density at radius 1 is 1.18 bits per heavy atom. The second kappa shape index (κ2) is 10.1. The van der Waals surface area contributed by atoms with E-state index in [0.29, 0.717) is 0 Å². The molecule has 6 nitrogen and oxygen atoms in total. The molecular formula is C22H39N3O3+2. The minimum absolute atomic E-state index is 0.119. The fourth-order valence-corrected chi connectivity index (χ4v) is 4.23. The van der Waals surface area contributed by atoms with Gasteiger partial charge in [0, 0.05) is 36.3 Å². The number of ether oxygens (including phenoxy) is 2. The van der Waals surface area contributed by atoms with E-state index in [9.17, 15) is 4.79 Å². The fraction of sp³-hybridized carbons (Fsp3) is 0.682. The number of rotatable bonds is 9. The molecule has 1 aliphatic heterocycles. The molecule has 158 valence electrons. The van der Waals surface area contributed by atoms with Crippen LogP contribution in [-0.2, 0) is 11.3 Å². The minimum Gasteiger partial charge on any atom is -0.493 e. The Morgan fingerprint density at radius 2 is 1.82 bits per heavy atom. The van der Waals surface area contributed by atoms with Crippen molar-refractivity contribution < 1.29 is 24.1 Å². The lowest BCUT2D eigenvalue weighted by atomic mass is 9.91. The van der Waals surface area contributed by atoms with Gasteiger partial charge in [-0.15, -0.1) is 0 Å². The van der Waals surface area contributed by atoms with E-state index in [1.165, 1.54) is 15.4 Å². The molecule has 0 atom stereocenters. The number of methoxy groups -OCH3 is 2. The molecule has 1 aliphatic rings. The van der Waals surface area contributed by atoms with Crippen LogP contribution in [0.5, 0.6) is 11.5 Å². The number of benzene rings is 1. The first-order chi connectivity index (χ1) is 13.2. The first-order valence-electron chi connectivity index (χ1n) is 10.4. The van der Waals surface area contributed by atoms with Crippen LogP contribution >= 0.6 is 0 Å². The van der Waals surface area contributed by atoms with Gasteiger partial charge in [-0.3, -0.25) is 4.79 Å². The van der Waals surface area contributed by atoms with Crippen LogP contribution in [0.25, 0.3) is 0 Å². The highest BCUT2D eigenvalue weighted by molar-refractivity contribution is 5.78. The molecule has 0 saturated carbocycles. The van der Waals surface area contributed by atoms with Crippen molar-refractivity contribution in [2.75, 3.05) is 54.5 Å².